The predicted molar refractivity (Wildman–Crippen MR) is 136 cm³/mol. The van der Waals surface area contributed by atoms with Crippen molar-refractivity contribution in [2.24, 2.45) is 5.92 Å². The Bertz CT molecular complexity index is 1420. The third kappa shape index (κ3) is 4.10. The van der Waals surface area contributed by atoms with Crippen molar-refractivity contribution in [3.8, 4) is 0 Å². The van der Waals surface area contributed by atoms with E-state index in [0.717, 1.165) is 43.5 Å². The van der Waals surface area contributed by atoms with Gasteiger partial charge in [0.05, 0.1) is 7.11 Å². The van der Waals surface area contributed by atoms with Gasteiger partial charge in [0.25, 0.3) is 0 Å². The van der Waals surface area contributed by atoms with Crippen LogP contribution in [-0.2, 0) is 9.53 Å². The third-order valence-corrected chi connectivity index (χ3v) is 7.10. The van der Waals surface area contributed by atoms with E-state index in [-0.39, 0.29) is 5.97 Å². The lowest BCUT2D eigenvalue weighted by Gasteiger charge is -2.16. The van der Waals surface area contributed by atoms with E-state index in [4.69, 9.17) is 13.1 Å². The Morgan fingerprint density at radius 3 is 1.85 bits per heavy atom. The highest BCUT2D eigenvalue weighted by Gasteiger charge is 2.23. The molecule has 1 aromatic heterocycles. The van der Waals surface area contributed by atoms with Crippen molar-refractivity contribution >= 4 is 57.6 Å². The Kier molecular flexibility index (Phi) is 5.84. The molecule has 1 heterocycles. The molecule has 6 heteroatoms. The van der Waals surface area contributed by atoms with E-state index in [1.54, 1.807) is 0 Å². The minimum atomic E-state index is -1.64. The molecule has 1 N–H and O–H groups in total. The van der Waals surface area contributed by atoms with E-state index in [1.165, 1.54) is 7.11 Å². The van der Waals surface area contributed by atoms with Crippen molar-refractivity contribution < 1.29 is 17.9 Å². The largest absolute Gasteiger partial charge is 0.468 e. The maximum atomic E-state index is 12.5. The molecular formula is C27H26NO4P. The zero-order chi connectivity index (χ0) is 22.9. The van der Waals surface area contributed by atoms with Crippen molar-refractivity contribution in [3.05, 3.63) is 72.8 Å². The minimum absolute atomic E-state index is 0.302. The standard InChI is InChI=1S/C27H26NO4P/c1-17(2)16-22(27(29)30-3)28-33-31-23-14-12-18-8-4-6-10-20(18)25(23)26-21-11-7-5-9-19(21)13-15-24(26)32-33/h4-15,17,22,28H,16H2,1-3H3/t22-/m1/s1. The number of carbonyl (C=O) groups is 1. The van der Waals surface area contributed by atoms with E-state index in [9.17, 15) is 4.79 Å². The third-order valence-electron chi connectivity index (χ3n) is 5.85. The average Bonchev–Trinajstić information content (AvgIpc) is 2.99. The summed E-state index contributed by atoms with van der Waals surface area (Å²) in [6.07, 6.45) is 0.618. The van der Waals surface area contributed by atoms with Gasteiger partial charge < -0.3 is 13.1 Å². The summed E-state index contributed by atoms with van der Waals surface area (Å²) in [5, 5.41) is 9.76. The Labute approximate surface area is 192 Å². The van der Waals surface area contributed by atoms with E-state index in [2.05, 4.69) is 55.3 Å². The van der Waals surface area contributed by atoms with Crippen LogP contribution in [0.5, 0.6) is 0 Å². The van der Waals surface area contributed by atoms with Crippen LogP contribution >= 0.6 is 8.16 Å². The van der Waals surface area contributed by atoms with Gasteiger partial charge in [0.15, 0.2) is 0 Å². The molecule has 0 spiro atoms. The molecule has 33 heavy (non-hydrogen) atoms. The van der Waals surface area contributed by atoms with Crippen LogP contribution < -0.4 is 5.09 Å². The second-order valence-corrected chi connectivity index (χ2v) is 9.73. The SMILES string of the molecule is COC(=O)[C@@H](CC(C)C)Np1oc2ccc3ccccc3c2c2c(ccc3ccccc32)o1. The number of hydrogen-bond donors (Lipinski definition) is 1. The minimum Gasteiger partial charge on any atom is -0.468 e. The first-order valence-corrected chi connectivity index (χ1v) is 12.3. The molecule has 5 nitrogen and oxygen atoms in total. The maximum absolute atomic E-state index is 12.5. The van der Waals surface area contributed by atoms with Crippen LogP contribution in [-0.4, -0.2) is 19.1 Å². The van der Waals surface area contributed by atoms with Crippen LogP contribution in [0.3, 0.4) is 0 Å². The second-order valence-electron chi connectivity index (χ2n) is 8.59. The quantitative estimate of drug-likeness (QED) is 0.273. The fourth-order valence-corrected chi connectivity index (χ4v) is 5.63. The molecule has 5 rings (SSSR count). The molecule has 0 amide bonds. The van der Waals surface area contributed by atoms with E-state index >= 15 is 0 Å². The number of methoxy groups -OCH3 is 1. The molecule has 0 saturated carbocycles. The molecule has 0 radical (unpaired) electrons. The molecule has 0 aliphatic carbocycles. The first-order valence-electron chi connectivity index (χ1n) is 11.1. The topological polar surface area (TPSA) is 64.6 Å². The number of hydrogen-bond acceptors (Lipinski definition) is 5. The second kappa shape index (κ2) is 8.93. The fraction of sp³-hybridized carbons (Fsp3) is 0.222. The Balaban J connectivity index is 1.86. The molecule has 0 saturated heterocycles. The Morgan fingerprint density at radius 2 is 1.36 bits per heavy atom. The van der Waals surface area contributed by atoms with Crippen LogP contribution in [0, 0.1) is 5.92 Å². The number of rotatable bonds is 5. The molecule has 4 aromatic carbocycles. The molecule has 0 bridgehead atoms. The highest BCUT2D eigenvalue weighted by atomic mass is 31.1. The molecule has 0 aliphatic rings. The Hall–Kier alpha value is -3.27. The van der Waals surface area contributed by atoms with Gasteiger partial charge in [-0.15, -0.1) is 0 Å². The van der Waals surface area contributed by atoms with E-state index in [1.807, 2.05) is 36.4 Å². The zero-order valence-corrected chi connectivity index (χ0v) is 19.8. The number of benzene rings is 4. The summed E-state index contributed by atoms with van der Waals surface area (Å²) in [5.74, 6) is -0.0174. The molecule has 168 valence electrons. The molecule has 0 unspecified atom stereocenters. The molecule has 5 aromatic rings. The highest BCUT2D eigenvalue weighted by Crippen LogP contribution is 2.40. The van der Waals surface area contributed by atoms with Gasteiger partial charge in [0, 0.05) is 10.8 Å². The summed E-state index contributed by atoms with van der Waals surface area (Å²) >= 11 is 0. The molecule has 0 fully saturated rings. The van der Waals surface area contributed by atoms with E-state index < -0.39 is 14.2 Å². The summed E-state index contributed by atoms with van der Waals surface area (Å²) in [6.45, 7) is 4.14. The van der Waals surface area contributed by atoms with Gasteiger partial charge in [0.1, 0.15) is 17.2 Å². The summed E-state index contributed by atoms with van der Waals surface area (Å²) in [5.41, 5.74) is 1.46. The van der Waals surface area contributed by atoms with Crippen molar-refractivity contribution in [2.45, 2.75) is 26.3 Å². The summed E-state index contributed by atoms with van der Waals surface area (Å²) < 4.78 is 17.9. The lowest BCUT2D eigenvalue weighted by molar-refractivity contribution is -0.141. The summed E-state index contributed by atoms with van der Waals surface area (Å²) in [7, 11) is -0.236. The first kappa shape index (κ1) is 21.6. The molecule has 1 atom stereocenters. The van der Waals surface area contributed by atoms with Gasteiger partial charge >= 0.3 is 14.1 Å². The highest BCUT2D eigenvalue weighted by molar-refractivity contribution is 7.38. The monoisotopic (exact) mass is 459 g/mol. The average molecular weight is 459 g/mol. The van der Waals surface area contributed by atoms with Gasteiger partial charge in [-0.05, 0) is 46.0 Å². The van der Waals surface area contributed by atoms with E-state index in [0.29, 0.717) is 12.3 Å². The van der Waals surface area contributed by atoms with Crippen molar-refractivity contribution in [3.63, 3.8) is 0 Å². The molecule has 0 aliphatic heterocycles. The zero-order valence-electron chi connectivity index (χ0n) is 18.9. The summed E-state index contributed by atoms with van der Waals surface area (Å²) in [6, 6.07) is 24.1. The fourth-order valence-electron chi connectivity index (χ4n) is 4.36. The van der Waals surface area contributed by atoms with Crippen LogP contribution in [0.25, 0.3) is 43.5 Å². The first-order chi connectivity index (χ1) is 16.0. The lowest BCUT2D eigenvalue weighted by Crippen LogP contribution is -2.30. The van der Waals surface area contributed by atoms with Gasteiger partial charge in [-0.25, -0.2) is 5.09 Å². The van der Waals surface area contributed by atoms with Crippen molar-refractivity contribution in [1.29, 1.82) is 0 Å². The maximum Gasteiger partial charge on any atom is 0.323 e. The van der Waals surface area contributed by atoms with Crippen LogP contribution in [0.4, 0.5) is 0 Å². The van der Waals surface area contributed by atoms with Crippen LogP contribution in [0.2, 0.25) is 0 Å². The van der Waals surface area contributed by atoms with Crippen LogP contribution in [0.15, 0.2) is 81.2 Å². The van der Waals surface area contributed by atoms with Gasteiger partial charge in [0.2, 0.25) is 0 Å². The summed E-state index contributed by atoms with van der Waals surface area (Å²) in [4.78, 5) is 12.5. The van der Waals surface area contributed by atoms with Gasteiger partial charge in [-0.3, -0.25) is 4.79 Å². The number of fused-ring (bicyclic) bond motifs is 7. The molecular weight excluding hydrogens is 433 g/mol. The Morgan fingerprint density at radius 1 is 0.848 bits per heavy atom. The number of carbonyl (C=O) groups excluding carboxylic acids is 1. The smallest absolute Gasteiger partial charge is 0.323 e. The number of esters is 1. The van der Waals surface area contributed by atoms with Crippen molar-refractivity contribution in [1.82, 2.24) is 0 Å². The number of ether oxygens (including phenoxy) is 1. The normalized spacial score (nSPS) is 12.6. The number of nitrogens with one attached hydrogen (secondary N) is 1. The predicted octanol–water partition coefficient (Wildman–Crippen LogP) is 7.73. The van der Waals surface area contributed by atoms with Gasteiger partial charge in [-0.1, -0.05) is 74.5 Å². The lowest BCUT2D eigenvalue weighted by atomic mass is 9.99. The van der Waals surface area contributed by atoms with Gasteiger partial charge in [-0.2, -0.15) is 0 Å². The van der Waals surface area contributed by atoms with Crippen molar-refractivity contribution in [2.75, 3.05) is 12.2 Å². The van der Waals surface area contributed by atoms with Crippen LogP contribution in [0.1, 0.15) is 20.3 Å².